The summed E-state index contributed by atoms with van der Waals surface area (Å²) in [5, 5.41) is 0. The molecule has 0 amide bonds. The van der Waals surface area contributed by atoms with E-state index in [9.17, 15) is 8.78 Å². The fraction of sp³-hybridized carbons (Fsp3) is 0.444. The van der Waals surface area contributed by atoms with Crippen LogP contribution in [0.2, 0.25) is 0 Å². The van der Waals surface area contributed by atoms with E-state index in [-0.39, 0.29) is 17.5 Å². The first-order valence-corrected chi connectivity index (χ1v) is 4.17. The molecule has 0 spiro atoms. The highest BCUT2D eigenvalue weighted by molar-refractivity contribution is 5.21. The number of hydrogen-bond donors (Lipinski definition) is 1. The zero-order valence-corrected chi connectivity index (χ0v) is 7.06. The molecule has 2 N–H and O–H groups in total. The number of nitrogens with two attached hydrogens (primary N) is 1. The molecule has 2 rings (SSSR count). The van der Waals surface area contributed by atoms with Gasteiger partial charge in [0.25, 0.3) is 0 Å². The van der Waals surface area contributed by atoms with Crippen LogP contribution in [0.25, 0.3) is 0 Å². The minimum absolute atomic E-state index is 0.0648. The van der Waals surface area contributed by atoms with Crippen molar-refractivity contribution in [2.75, 3.05) is 0 Å². The van der Waals surface area contributed by atoms with Gasteiger partial charge in [0.2, 0.25) is 0 Å². The molecule has 1 aromatic rings. The normalized spacial score (nSPS) is 18.7. The molecule has 1 saturated carbocycles. The molecule has 2 nitrogen and oxygen atoms in total. The van der Waals surface area contributed by atoms with Crippen molar-refractivity contribution in [1.82, 2.24) is 4.98 Å². The highest BCUT2D eigenvalue weighted by atomic mass is 19.1. The third-order valence-electron chi connectivity index (χ3n) is 2.37. The fourth-order valence-corrected chi connectivity index (χ4v) is 1.30. The van der Waals surface area contributed by atoms with Gasteiger partial charge < -0.3 is 5.73 Å². The van der Waals surface area contributed by atoms with Crippen molar-refractivity contribution in [3.63, 3.8) is 0 Å². The molecule has 1 fully saturated rings. The van der Waals surface area contributed by atoms with Crippen LogP contribution in [-0.4, -0.2) is 10.5 Å². The lowest BCUT2D eigenvalue weighted by Crippen LogP contribution is -2.25. The Morgan fingerprint density at radius 2 is 1.85 bits per heavy atom. The van der Waals surface area contributed by atoms with Crippen molar-refractivity contribution < 1.29 is 8.78 Å². The molecule has 0 radical (unpaired) electrons. The fourth-order valence-electron chi connectivity index (χ4n) is 1.30. The molecule has 0 bridgehead atoms. The van der Waals surface area contributed by atoms with Crippen LogP contribution in [0.5, 0.6) is 0 Å². The maximum absolute atomic E-state index is 13.1. The topological polar surface area (TPSA) is 38.9 Å². The van der Waals surface area contributed by atoms with Crippen LogP contribution in [0.15, 0.2) is 12.4 Å². The van der Waals surface area contributed by atoms with E-state index in [1.807, 2.05) is 0 Å². The summed E-state index contributed by atoms with van der Waals surface area (Å²) < 4.78 is 26.1. The van der Waals surface area contributed by atoms with Crippen LogP contribution in [0.1, 0.15) is 18.4 Å². The average molecular weight is 184 g/mol. The van der Waals surface area contributed by atoms with Crippen LogP contribution in [0.4, 0.5) is 8.78 Å². The van der Waals surface area contributed by atoms with Gasteiger partial charge in [0, 0.05) is 11.1 Å². The number of rotatable bonds is 2. The molecule has 1 aromatic heterocycles. The lowest BCUT2D eigenvalue weighted by atomic mass is 10.1. The summed E-state index contributed by atoms with van der Waals surface area (Å²) >= 11 is 0. The number of hydrogen-bond acceptors (Lipinski definition) is 2. The molecular weight excluding hydrogens is 174 g/mol. The molecule has 0 saturated heterocycles. The van der Waals surface area contributed by atoms with Gasteiger partial charge in [-0.1, -0.05) is 0 Å². The first-order valence-electron chi connectivity index (χ1n) is 4.17. The predicted octanol–water partition coefficient (Wildman–Crippen LogP) is 1.39. The smallest absolute Gasteiger partial charge is 0.147 e. The molecule has 0 atom stereocenters. The van der Waals surface area contributed by atoms with Crippen LogP contribution in [-0.2, 0) is 6.42 Å². The Bertz CT molecular complexity index is 314. The molecule has 4 heteroatoms. The van der Waals surface area contributed by atoms with E-state index in [4.69, 9.17) is 5.73 Å². The highest BCUT2D eigenvalue weighted by Gasteiger charge is 2.39. The van der Waals surface area contributed by atoms with Gasteiger partial charge in [0.1, 0.15) is 11.6 Å². The Labute approximate surface area is 74.8 Å². The van der Waals surface area contributed by atoms with Crippen molar-refractivity contribution in [2.24, 2.45) is 5.73 Å². The summed E-state index contributed by atoms with van der Waals surface area (Å²) in [4.78, 5) is 3.40. The number of nitrogens with zero attached hydrogens (tertiary/aromatic N) is 1. The summed E-state index contributed by atoms with van der Waals surface area (Å²) in [5.74, 6) is -1.20. The van der Waals surface area contributed by atoms with Crippen LogP contribution in [0, 0.1) is 11.6 Å². The lowest BCUT2D eigenvalue weighted by molar-refractivity contribution is 0.523. The summed E-state index contributed by atoms with van der Waals surface area (Å²) in [6.07, 6.45) is 3.99. The quantitative estimate of drug-likeness (QED) is 0.754. The van der Waals surface area contributed by atoms with Gasteiger partial charge >= 0.3 is 0 Å². The molecule has 0 unspecified atom stereocenters. The lowest BCUT2D eigenvalue weighted by Gasteiger charge is -2.09. The van der Waals surface area contributed by atoms with Gasteiger partial charge in [0.05, 0.1) is 12.4 Å². The van der Waals surface area contributed by atoms with Crippen molar-refractivity contribution >= 4 is 0 Å². The summed E-state index contributed by atoms with van der Waals surface area (Å²) in [7, 11) is 0. The number of halogens is 2. The van der Waals surface area contributed by atoms with Gasteiger partial charge in [-0.25, -0.2) is 8.78 Å². The van der Waals surface area contributed by atoms with Gasteiger partial charge in [-0.3, -0.25) is 4.98 Å². The van der Waals surface area contributed by atoms with Gasteiger partial charge in [-0.05, 0) is 19.3 Å². The van der Waals surface area contributed by atoms with Crippen molar-refractivity contribution in [3.8, 4) is 0 Å². The zero-order valence-electron chi connectivity index (χ0n) is 7.06. The Kier molecular flexibility index (Phi) is 1.80. The second kappa shape index (κ2) is 2.73. The summed E-state index contributed by atoms with van der Waals surface area (Å²) in [6.45, 7) is 0. The second-order valence-corrected chi connectivity index (χ2v) is 3.62. The zero-order chi connectivity index (χ0) is 9.47. The highest BCUT2D eigenvalue weighted by Crippen LogP contribution is 2.36. The third-order valence-corrected chi connectivity index (χ3v) is 2.37. The minimum Gasteiger partial charge on any atom is -0.325 e. The van der Waals surface area contributed by atoms with Crippen molar-refractivity contribution in [3.05, 3.63) is 29.6 Å². The molecule has 70 valence electrons. The van der Waals surface area contributed by atoms with Gasteiger partial charge in [-0.2, -0.15) is 0 Å². The average Bonchev–Trinajstić information content (AvgIpc) is 2.78. The third kappa shape index (κ3) is 1.67. The monoisotopic (exact) mass is 184 g/mol. The number of pyridine rings is 1. The van der Waals surface area contributed by atoms with E-state index >= 15 is 0 Å². The summed E-state index contributed by atoms with van der Waals surface area (Å²) in [5.41, 5.74) is 5.46. The molecule has 1 heterocycles. The first kappa shape index (κ1) is 8.56. The van der Waals surface area contributed by atoms with E-state index in [0.717, 1.165) is 25.2 Å². The van der Waals surface area contributed by atoms with Gasteiger partial charge in [0.15, 0.2) is 0 Å². The summed E-state index contributed by atoms with van der Waals surface area (Å²) in [6, 6.07) is 0. The predicted molar refractivity (Wildman–Crippen MR) is 44.0 cm³/mol. The Morgan fingerprint density at radius 1 is 1.31 bits per heavy atom. The van der Waals surface area contributed by atoms with Crippen molar-refractivity contribution in [2.45, 2.75) is 24.8 Å². The van der Waals surface area contributed by atoms with Crippen LogP contribution < -0.4 is 5.73 Å². The van der Waals surface area contributed by atoms with E-state index < -0.39 is 11.6 Å². The van der Waals surface area contributed by atoms with E-state index in [2.05, 4.69) is 4.98 Å². The molecular formula is C9H10F2N2. The molecule has 0 aliphatic heterocycles. The van der Waals surface area contributed by atoms with Gasteiger partial charge in [-0.15, -0.1) is 0 Å². The molecule has 0 aromatic carbocycles. The minimum atomic E-state index is -0.600. The molecule has 1 aliphatic rings. The maximum Gasteiger partial charge on any atom is 0.147 e. The van der Waals surface area contributed by atoms with Crippen LogP contribution >= 0.6 is 0 Å². The standard InChI is InChI=1S/C9H10F2N2/c10-7-4-13-5-8(11)6(7)3-9(12)1-2-9/h4-5H,1-3,12H2. The Morgan fingerprint density at radius 3 is 2.31 bits per heavy atom. The van der Waals surface area contributed by atoms with Crippen molar-refractivity contribution in [1.29, 1.82) is 0 Å². The molecule has 13 heavy (non-hydrogen) atoms. The van der Waals surface area contributed by atoms with E-state index in [1.165, 1.54) is 0 Å². The van der Waals surface area contributed by atoms with E-state index in [1.54, 1.807) is 0 Å². The first-order chi connectivity index (χ1) is 6.11. The Balaban J connectivity index is 2.28. The largest absolute Gasteiger partial charge is 0.325 e. The molecule has 1 aliphatic carbocycles. The van der Waals surface area contributed by atoms with E-state index in [0.29, 0.717) is 0 Å². The van der Waals surface area contributed by atoms with Crippen LogP contribution in [0.3, 0.4) is 0 Å². The maximum atomic E-state index is 13.1. The second-order valence-electron chi connectivity index (χ2n) is 3.62. The number of aromatic nitrogens is 1. The SMILES string of the molecule is NC1(Cc2c(F)cncc2F)CC1. The Hall–Kier alpha value is -1.03.